The van der Waals surface area contributed by atoms with Gasteiger partial charge < -0.3 is 10.1 Å². The molecule has 2 nitrogen and oxygen atoms in total. The molecule has 5 aromatic rings. The van der Waals surface area contributed by atoms with Crippen molar-refractivity contribution in [3.63, 3.8) is 0 Å². The zero-order valence-electron chi connectivity index (χ0n) is 15.4. The molecule has 0 bridgehead atoms. The van der Waals surface area contributed by atoms with Gasteiger partial charge in [-0.1, -0.05) is 78.9 Å². The predicted octanol–water partition coefficient (Wildman–Crippen LogP) is 6.52. The number of anilines is 1. The first-order valence-electron chi connectivity index (χ1n) is 9.42. The van der Waals surface area contributed by atoms with Crippen molar-refractivity contribution in [2.45, 2.75) is 0 Å². The highest BCUT2D eigenvalue weighted by molar-refractivity contribution is 5.89. The number of rotatable bonds is 3. The topological polar surface area (TPSA) is 30.4 Å². The fourth-order valence-corrected chi connectivity index (χ4v) is 3.82. The quantitative estimate of drug-likeness (QED) is 0.365. The number of benzene rings is 3. The van der Waals surface area contributed by atoms with Gasteiger partial charge in [-0.25, -0.2) is 0 Å². The number of hydrogen-bond donors (Lipinski definition) is 1. The van der Waals surface area contributed by atoms with E-state index >= 15 is 0 Å². The molecule has 0 fully saturated rings. The van der Waals surface area contributed by atoms with Crippen LogP contribution in [0.15, 0.2) is 109 Å². The average molecular weight is 360 g/mol. The molecule has 0 radical (unpaired) electrons. The van der Waals surface area contributed by atoms with Crippen LogP contribution in [0.4, 0.5) is 5.69 Å². The summed E-state index contributed by atoms with van der Waals surface area (Å²) in [6, 6.07) is 38.0. The van der Waals surface area contributed by atoms with Crippen molar-refractivity contribution in [1.29, 1.82) is 0 Å². The van der Waals surface area contributed by atoms with Crippen LogP contribution in [0.3, 0.4) is 0 Å². The fourth-order valence-electron chi connectivity index (χ4n) is 3.82. The van der Waals surface area contributed by atoms with Crippen LogP contribution >= 0.6 is 0 Å². The van der Waals surface area contributed by atoms with Crippen LogP contribution < -0.4 is 5.73 Å². The number of aromatic nitrogens is 1. The highest BCUT2D eigenvalue weighted by atomic mass is 14.9. The molecule has 3 aromatic carbocycles. The van der Waals surface area contributed by atoms with Crippen LogP contribution in [-0.4, -0.2) is 4.40 Å². The Kier molecular flexibility index (Phi) is 3.95. The largest absolute Gasteiger partial charge is 0.399 e. The summed E-state index contributed by atoms with van der Waals surface area (Å²) < 4.78 is 2.35. The molecule has 0 aliphatic carbocycles. The lowest BCUT2D eigenvalue weighted by Gasteiger charge is -2.13. The number of fused-ring (bicyclic) bond motifs is 1. The predicted molar refractivity (Wildman–Crippen MR) is 118 cm³/mol. The van der Waals surface area contributed by atoms with Gasteiger partial charge >= 0.3 is 0 Å². The van der Waals surface area contributed by atoms with Crippen LogP contribution in [0.1, 0.15) is 0 Å². The smallest absolute Gasteiger partial charge is 0.0613 e. The lowest BCUT2D eigenvalue weighted by Crippen LogP contribution is -1.95. The summed E-state index contributed by atoms with van der Waals surface area (Å²) in [6.45, 7) is 0. The molecule has 0 spiro atoms. The second-order valence-electron chi connectivity index (χ2n) is 6.93. The van der Waals surface area contributed by atoms with Gasteiger partial charge in [-0.05, 0) is 47.0 Å². The average Bonchev–Trinajstić information content (AvgIpc) is 3.15. The Morgan fingerprint density at radius 3 is 1.86 bits per heavy atom. The Hall–Kier alpha value is -3.78. The summed E-state index contributed by atoms with van der Waals surface area (Å²) in [4.78, 5) is 0. The molecule has 0 saturated carbocycles. The maximum absolute atomic E-state index is 5.91. The summed E-state index contributed by atoms with van der Waals surface area (Å²) in [5, 5.41) is 0. The Labute approximate surface area is 164 Å². The molecule has 0 amide bonds. The molecule has 2 heterocycles. The van der Waals surface area contributed by atoms with E-state index in [-0.39, 0.29) is 0 Å². The number of nitrogens with two attached hydrogens (primary N) is 1. The highest BCUT2D eigenvalue weighted by Crippen LogP contribution is 2.38. The summed E-state index contributed by atoms with van der Waals surface area (Å²) in [5.74, 6) is 0. The van der Waals surface area contributed by atoms with E-state index in [0.29, 0.717) is 0 Å². The van der Waals surface area contributed by atoms with E-state index < -0.39 is 0 Å². The SMILES string of the molecule is Nc1ccc(-c2cccc3cc(-c4ccccc4)c(-c4ccccc4)n23)cc1. The minimum atomic E-state index is 0.775. The van der Waals surface area contributed by atoms with E-state index in [4.69, 9.17) is 5.73 Å². The molecule has 5 rings (SSSR count). The maximum Gasteiger partial charge on any atom is 0.0613 e. The Balaban J connectivity index is 1.87. The van der Waals surface area contributed by atoms with Crippen LogP contribution in [0.2, 0.25) is 0 Å². The van der Waals surface area contributed by atoms with E-state index in [9.17, 15) is 0 Å². The van der Waals surface area contributed by atoms with Crippen molar-refractivity contribution >= 4 is 11.2 Å². The summed E-state index contributed by atoms with van der Waals surface area (Å²) in [5.41, 5.74) is 15.0. The minimum absolute atomic E-state index is 0.775. The monoisotopic (exact) mass is 360 g/mol. The zero-order chi connectivity index (χ0) is 18.9. The van der Waals surface area contributed by atoms with Crippen LogP contribution in [0.5, 0.6) is 0 Å². The van der Waals surface area contributed by atoms with E-state index in [1.165, 1.54) is 27.9 Å². The summed E-state index contributed by atoms with van der Waals surface area (Å²) in [7, 11) is 0. The van der Waals surface area contributed by atoms with Crippen molar-refractivity contribution in [3.8, 4) is 33.6 Å². The number of nitrogens with zero attached hydrogens (tertiary/aromatic N) is 1. The molecule has 2 heteroatoms. The molecular formula is C26H20N2. The van der Waals surface area contributed by atoms with Crippen LogP contribution in [0, 0.1) is 0 Å². The first-order chi connectivity index (χ1) is 13.8. The summed E-state index contributed by atoms with van der Waals surface area (Å²) >= 11 is 0. The van der Waals surface area contributed by atoms with Crippen molar-refractivity contribution in [2.24, 2.45) is 0 Å². The number of hydrogen-bond acceptors (Lipinski definition) is 1. The molecule has 0 unspecified atom stereocenters. The summed E-state index contributed by atoms with van der Waals surface area (Å²) in [6.07, 6.45) is 0. The molecule has 2 N–H and O–H groups in total. The Morgan fingerprint density at radius 2 is 1.18 bits per heavy atom. The van der Waals surface area contributed by atoms with Gasteiger partial charge in [0.1, 0.15) is 0 Å². The molecule has 0 aliphatic rings. The van der Waals surface area contributed by atoms with Gasteiger partial charge in [-0.3, -0.25) is 0 Å². The molecule has 0 aliphatic heterocycles. The van der Waals surface area contributed by atoms with E-state index in [0.717, 1.165) is 16.9 Å². The van der Waals surface area contributed by atoms with Gasteiger partial charge in [-0.2, -0.15) is 0 Å². The molecule has 0 atom stereocenters. The first kappa shape index (κ1) is 16.4. The number of nitrogen functional groups attached to an aromatic ring is 1. The van der Waals surface area contributed by atoms with E-state index in [2.05, 4.69) is 101 Å². The Bertz CT molecular complexity index is 1230. The Morgan fingerprint density at radius 1 is 0.536 bits per heavy atom. The van der Waals surface area contributed by atoms with Crippen molar-refractivity contribution in [3.05, 3.63) is 109 Å². The lowest BCUT2D eigenvalue weighted by molar-refractivity contribution is 1.21. The van der Waals surface area contributed by atoms with Gasteiger partial charge in [-0.15, -0.1) is 0 Å². The van der Waals surface area contributed by atoms with Gasteiger partial charge in [0.15, 0.2) is 0 Å². The second kappa shape index (κ2) is 6.75. The third kappa shape index (κ3) is 2.76. The van der Waals surface area contributed by atoms with Gasteiger partial charge in [0.05, 0.1) is 11.4 Å². The van der Waals surface area contributed by atoms with Gasteiger partial charge in [0.2, 0.25) is 0 Å². The molecular weight excluding hydrogens is 340 g/mol. The van der Waals surface area contributed by atoms with E-state index in [1.807, 2.05) is 12.1 Å². The van der Waals surface area contributed by atoms with Crippen molar-refractivity contribution in [2.75, 3.05) is 5.73 Å². The highest BCUT2D eigenvalue weighted by Gasteiger charge is 2.16. The minimum Gasteiger partial charge on any atom is -0.399 e. The first-order valence-corrected chi connectivity index (χ1v) is 9.42. The lowest BCUT2D eigenvalue weighted by atomic mass is 10.0. The third-order valence-electron chi connectivity index (χ3n) is 5.13. The molecule has 134 valence electrons. The molecule has 0 saturated heterocycles. The maximum atomic E-state index is 5.91. The van der Waals surface area contributed by atoms with Gasteiger partial charge in [0, 0.05) is 16.8 Å². The molecule has 2 aromatic heterocycles. The van der Waals surface area contributed by atoms with E-state index in [1.54, 1.807) is 0 Å². The number of pyridine rings is 1. The van der Waals surface area contributed by atoms with Crippen LogP contribution in [0.25, 0.3) is 39.2 Å². The van der Waals surface area contributed by atoms with Crippen LogP contribution in [-0.2, 0) is 0 Å². The van der Waals surface area contributed by atoms with Gasteiger partial charge in [0.25, 0.3) is 0 Å². The van der Waals surface area contributed by atoms with Crippen molar-refractivity contribution in [1.82, 2.24) is 4.40 Å². The fraction of sp³-hybridized carbons (Fsp3) is 0. The van der Waals surface area contributed by atoms with Crippen molar-refractivity contribution < 1.29 is 0 Å². The molecule has 28 heavy (non-hydrogen) atoms. The standard InChI is InChI=1S/C26H20N2/c27-22-16-14-20(15-17-22)25-13-7-12-23-18-24(19-8-3-1-4-9-19)26(28(23)25)21-10-5-2-6-11-21/h1-18H,27H2. The second-order valence-corrected chi connectivity index (χ2v) is 6.93. The third-order valence-corrected chi connectivity index (χ3v) is 5.13. The normalized spacial score (nSPS) is 11.0. The zero-order valence-corrected chi connectivity index (χ0v) is 15.4.